The summed E-state index contributed by atoms with van der Waals surface area (Å²) >= 11 is 0. The van der Waals surface area contributed by atoms with E-state index in [4.69, 9.17) is 0 Å². The van der Waals surface area contributed by atoms with Gasteiger partial charge in [-0.3, -0.25) is 4.79 Å². The highest BCUT2D eigenvalue weighted by atomic mass is 16.1. The van der Waals surface area contributed by atoms with Crippen LogP contribution in [0.3, 0.4) is 0 Å². The van der Waals surface area contributed by atoms with E-state index in [0.29, 0.717) is 5.92 Å². The largest absolute Gasteiger partial charge is 0.326 e. The van der Waals surface area contributed by atoms with Crippen molar-refractivity contribution in [1.29, 1.82) is 0 Å². The molecule has 1 amide bonds. The predicted octanol–water partition coefficient (Wildman–Crippen LogP) is 3.86. The molecule has 0 unspecified atom stereocenters. The van der Waals surface area contributed by atoms with Gasteiger partial charge in [-0.1, -0.05) is 19.9 Å². The summed E-state index contributed by atoms with van der Waals surface area (Å²) in [6.07, 6.45) is 2.33. The van der Waals surface area contributed by atoms with Crippen LogP contribution in [0.15, 0.2) is 18.2 Å². The van der Waals surface area contributed by atoms with Gasteiger partial charge in [-0.25, -0.2) is 0 Å². The molecule has 1 N–H and O–H groups in total. The third kappa shape index (κ3) is 3.09. The Morgan fingerprint density at radius 3 is 2.38 bits per heavy atom. The molecule has 88 valence electrons. The molecule has 0 aliphatic heterocycles. The van der Waals surface area contributed by atoms with Crippen molar-refractivity contribution < 1.29 is 4.79 Å². The second kappa shape index (κ2) is 5.69. The van der Waals surface area contributed by atoms with Gasteiger partial charge in [0, 0.05) is 12.6 Å². The van der Waals surface area contributed by atoms with Gasteiger partial charge in [-0.2, -0.15) is 0 Å². The molecule has 0 aliphatic carbocycles. The van der Waals surface area contributed by atoms with Crippen molar-refractivity contribution in [3.63, 3.8) is 0 Å². The first-order chi connectivity index (χ1) is 7.58. The van der Waals surface area contributed by atoms with E-state index in [1.54, 1.807) is 0 Å². The smallest absolute Gasteiger partial charge is 0.221 e. The fraction of sp³-hybridized carbons (Fsp3) is 0.500. The zero-order valence-corrected chi connectivity index (χ0v) is 10.6. The van der Waals surface area contributed by atoms with Crippen molar-refractivity contribution >= 4 is 11.6 Å². The van der Waals surface area contributed by atoms with Crippen molar-refractivity contribution in [2.75, 3.05) is 5.32 Å². The molecule has 1 aromatic rings. The van der Waals surface area contributed by atoms with Gasteiger partial charge in [-0.15, -0.1) is 0 Å². The molecule has 0 aliphatic rings. The minimum Gasteiger partial charge on any atom is -0.326 e. The molecule has 2 heteroatoms. The highest BCUT2D eigenvalue weighted by Crippen LogP contribution is 2.27. The fourth-order valence-corrected chi connectivity index (χ4v) is 2.14. The lowest BCUT2D eigenvalue weighted by Gasteiger charge is -2.16. The van der Waals surface area contributed by atoms with Gasteiger partial charge in [-0.05, 0) is 48.9 Å². The number of carbonyl (C=O) groups excluding carboxylic acids is 1. The molecule has 0 saturated heterocycles. The van der Waals surface area contributed by atoms with Crippen molar-refractivity contribution in [2.45, 2.75) is 46.5 Å². The van der Waals surface area contributed by atoms with Crippen molar-refractivity contribution in [3.8, 4) is 0 Å². The molecule has 0 radical (unpaired) electrons. The Balaban J connectivity index is 2.94. The molecule has 0 spiro atoms. The molecule has 2 nitrogen and oxygen atoms in total. The zero-order valence-electron chi connectivity index (χ0n) is 10.6. The van der Waals surface area contributed by atoms with Gasteiger partial charge >= 0.3 is 0 Å². The molecule has 0 bridgehead atoms. The van der Waals surface area contributed by atoms with Crippen LogP contribution in [-0.4, -0.2) is 5.91 Å². The summed E-state index contributed by atoms with van der Waals surface area (Å²) in [5.41, 5.74) is 3.55. The molecular weight excluding hydrogens is 198 g/mol. The highest BCUT2D eigenvalue weighted by molar-refractivity contribution is 5.88. The summed E-state index contributed by atoms with van der Waals surface area (Å²) in [7, 11) is 0. The van der Waals surface area contributed by atoms with Crippen LogP contribution in [0.1, 0.15) is 50.7 Å². The standard InChI is InChI=1S/C14H21NO/c1-5-12(6-2)14-8-7-13(9-10(14)3)15-11(4)16/h7-9,12H,5-6H2,1-4H3,(H,15,16). The van der Waals surface area contributed by atoms with Gasteiger partial charge in [0.15, 0.2) is 0 Å². The van der Waals surface area contributed by atoms with E-state index in [1.807, 2.05) is 6.07 Å². The first-order valence-corrected chi connectivity index (χ1v) is 5.96. The number of hydrogen-bond acceptors (Lipinski definition) is 1. The molecule has 0 aromatic heterocycles. The highest BCUT2D eigenvalue weighted by Gasteiger charge is 2.10. The summed E-state index contributed by atoms with van der Waals surface area (Å²) < 4.78 is 0. The number of nitrogens with one attached hydrogen (secondary N) is 1. The van der Waals surface area contributed by atoms with Crippen LogP contribution in [0.2, 0.25) is 0 Å². The summed E-state index contributed by atoms with van der Waals surface area (Å²) in [5.74, 6) is 0.612. The van der Waals surface area contributed by atoms with Crippen LogP contribution in [0.4, 0.5) is 5.69 Å². The second-order valence-electron chi connectivity index (χ2n) is 4.27. The Morgan fingerprint density at radius 1 is 1.31 bits per heavy atom. The quantitative estimate of drug-likeness (QED) is 0.818. The summed E-state index contributed by atoms with van der Waals surface area (Å²) in [6, 6.07) is 6.18. The van der Waals surface area contributed by atoms with Crippen LogP contribution in [-0.2, 0) is 4.79 Å². The van der Waals surface area contributed by atoms with Crippen LogP contribution < -0.4 is 5.32 Å². The fourth-order valence-electron chi connectivity index (χ4n) is 2.14. The minimum absolute atomic E-state index is 0.0188. The topological polar surface area (TPSA) is 29.1 Å². The summed E-state index contributed by atoms with van der Waals surface area (Å²) in [6.45, 7) is 8.08. The predicted molar refractivity (Wildman–Crippen MR) is 68.8 cm³/mol. The van der Waals surface area contributed by atoms with Crippen molar-refractivity contribution in [1.82, 2.24) is 0 Å². The van der Waals surface area contributed by atoms with Crippen LogP contribution in [0.25, 0.3) is 0 Å². The normalized spacial score (nSPS) is 10.6. The third-order valence-corrected chi connectivity index (χ3v) is 3.02. The Kier molecular flexibility index (Phi) is 4.53. The number of rotatable bonds is 4. The average Bonchev–Trinajstić information content (AvgIpc) is 2.21. The Bertz CT molecular complexity index is 367. The third-order valence-electron chi connectivity index (χ3n) is 3.02. The van der Waals surface area contributed by atoms with Crippen LogP contribution >= 0.6 is 0 Å². The number of hydrogen-bond donors (Lipinski definition) is 1. The maximum absolute atomic E-state index is 10.9. The molecule has 0 saturated carbocycles. The average molecular weight is 219 g/mol. The maximum Gasteiger partial charge on any atom is 0.221 e. The number of aryl methyl sites for hydroxylation is 1. The lowest BCUT2D eigenvalue weighted by Crippen LogP contribution is -2.07. The Labute approximate surface area is 98.1 Å². The molecule has 1 rings (SSSR count). The van der Waals surface area contributed by atoms with E-state index in [1.165, 1.54) is 18.1 Å². The monoisotopic (exact) mass is 219 g/mol. The number of amides is 1. The minimum atomic E-state index is -0.0188. The van der Waals surface area contributed by atoms with Crippen LogP contribution in [0, 0.1) is 6.92 Å². The Morgan fingerprint density at radius 2 is 1.94 bits per heavy atom. The molecular formula is C14H21NO. The molecule has 16 heavy (non-hydrogen) atoms. The van der Waals surface area contributed by atoms with Crippen LogP contribution in [0.5, 0.6) is 0 Å². The van der Waals surface area contributed by atoms with E-state index in [9.17, 15) is 4.79 Å². The SMILES string of the molecule is CCC(CC)c1ccc(NC(C)=O)cc1C. The van der Waals surface area contributed by atoms with Crippen molar-refractivity contribution in [3.05, 3.63) is 29.3 Å². The molecule has 0 atom stereocenters. The van der Waals surface area contributed by atoms with E-state index in [2.05, 4.69) is 38.2 Å². The number of carbonyl (C=O) groups is 1. The van der Waals surface area contributed by atoms with E-state index < -0.39 is 0 Å². The van der Waals surface area contributed by atoms with E-state index >= 15 is 0 Å². The first-order valence-electron chi connectivity index (χ1n) is 5.96. The lowest BCUT2D eigenvalue weighted by molar-refractivity contribution is -0.114. The maximum atomic E-state index is 10.9. The Hall–Kier alpha value is -1.31. The molecule has 0 fully saturated rings. The van der Waals surface area contributed by atoms with Gasteiger partial charge in [0.25, 0.3) is 0 Å². The molecule has 0 heterocycles. The number of benzene rings is 1. The van der Waals surface area contributed by atoms with Crippen molar-refractivity contribution in [2.24, 2.45) is 0 Å². The zero-order chi connectivity index (χ0) is 12.1. The van der Waals surface area contributed by atoms with Gasteiger partial charge in [0.2, 0.25) is 5.91 Å². The van der Waals surface area contributed by atoms with E-state index in [-0.39, 0.29) is 5.91 Å². The number of anilines is 1. The molecule has 1 aromatic carbocycles. The summed E-state index contributed by atoms with van der Waals surface area (Å²) in [5, 5.41) is 2.81. The second-order valence-corrected chi connectivity index (χ2v) is 4.27. The van der Waals surface area contributed by atoms with E-state index in [0.717, 1.165) is 18.5 Å². The van der Waals surface area contributed by atoms with Gasteiger partial charge in [0.1, 0.15) is 0 Å². The van der Waals surface area contributed by atoms with Gasteiger partial charge < -0.3 is 5.32 Å². The summed E-state index contributed by atoms with van der Waals surface area (Å²) in [4.78, 5) is 10.9. The first kappa shape index (κ1) is 12.8. The van der Waals surface area contributed by atoms with Gasteiger partial charge in [0.05, 0.1) is 0 Å². The lowest BCUT2D eigenvalue weighted by atomic mass is 9.90.